The molecular weight excluding hydrogens is 844 g/mol. The number of amides is 4. The van der Waals surface area contributed by atoms with Crippen LogP contribution >= 0.6 is 45.9 Å². The minimum Gasteiger partial charge on any atom is -0.378 e. The third-order valence-electron chi connectivity index (χ3n) is 11.8. The van der Waals surface area contributed by atoms with Crippen molar-refractivity contribution in [3.05, 3.63) is 101 Å². The Balaban J connectivity index is 0.000000181. The first kappa shape index (κ1) is 44.2. The average molecular weight is 896 g/mol. The highest BCUT2D eigenvalue weighted by atomic mass is 35.5. The van der Waals surface area contributed by atoms with Crippen LogP contribution in [0.25, 0.3) is 0 Å². The third-order valence-corrected chi connectivity index (χ3v) is 14.2. The SMILES string of the molecule is C[C@@H]1CN(C)CCc2ccc(NC(=O)[C@]3(NC(=O)c4ccc(Cl)s4)CCOC3)cc21.C[C@H]1CN(C)CCc2ccc(NC(=O)[C@]3(NC(=O)c4ccc(Cl)s4)CCOC3)cc21. The fourth-order valence-corrected chi connectivity index (χ4v) is 10.3. The van der Waals surface area contributed by atoms with E-state index in [1.165, 1.54) is 44.9 Å². The summed E-state index contributed by atoms with van der Waals surface area (Å²) in [6, 6.07) is 18.9. The molecule has 60 heavy (non-hydrogen) atoms. The minimum absolute atomic E-state index is 0.149. The van der Waals surface area contributed by atoms with Gasteiger partial charge in [-0.2, -0.15) is 0 Å². The molecule has 0 unspecified atom stereocenters. The lowest BCUT2D eigenvalue weighted by atomic mass is 9.94. The summed E-state index contributed by atoms with van der Waals surface area (Å²) in [5.41, 5.74) is 4.50. The van der Waals surface area contributed by atoms with Gasteiger partial charge in [0.15, 0.2) is 0 Å². The Bertz CT molecular complexity index is 2060. The zero-order valence-electron chi connectivity index (χ0n) is 34.3. The molecule has 0 radical (unpaired) electrons. The van der Waals surface area contributed by atoms with E-state index in [9.17, 15) is 19.2 Å². The maximum Gasteiger partial charge on any atom is 0.262 e. The molecule has 4 aliphatic heterocycles. The fourth-order valence-electron chi connectivity index (χ4n) is 8.39. The molecule has 2 fully saturated rings. The number of carbonyl (C=O) groups excluding carboxylic acids is 4. The second-order valence-electron chi connectivity index (χ2n) is 16.4. The lowest BCUT2D eigenvalue weighted by Gasteiger charge is -2.27. The summed E-state index contributed by atoms with van der Waals surface area (Å²) in [5.74, 6) is -0.367. The van der Waals surface area contributed by atoms with Crippen LogP contribution in [0.15, 0.2) is 60.7 Å². The van der Waals surface area contributed by atoms with Gasteiger partial charge in [0.1, 0.15) is 11.1 Å². The average Bonchev–Trinajstić information content (AvgIpc) is 4.04. The van der Waals surface area contributed by atoms with Crippen molar-refractivity contribution in [1.82, 2.24) is 20.4 Å². The second kappa shape index (κ2) is 19.0. The summed E-state index contributed by atoms with van der Waals surface area (Å²) in [6.07, 6.45) is 2.86. The molecule has 4 amide bonds. The number of halogens is 2. The summed E-state index contributed by atoms with van der Waals surface area (Å²) in [6.45, 7) is 9.61. The highest BCUT2D eigenvalue weighted by Gasteiger charge is 2.45. The Labute approximate surface area is 369 Å². The lowest BCUT2D eigenvalue weighted by molar-refractivity contribution is -0.122. The molecule has 6 heterocycles. The zero-order chi connectivity index (χ0) is 42.6. The van der Waals surface area contributed by atoms with Crippen molar-refractivity contribution >= 4 is 80.9 Å². The van der Waals surface area contributed by atoms with Crippen LogP contribution in [-0.2, 0) is 31.9 Å². The molecule has 0 aliphatic carbocycles. The number of hydrogen-bond acceptors (Lipinski definition) is 10. The van der Waals surface area contributed by atoms with Crippen LogP contribution in [0.4, 0.5) is 11.4 Å². The van der Waals surface area contributed by atoms with Crippen LogP contribution in [0.5, 0.6) is 0 Å². The first-order chi connectivity index (χ1) is 28.7. The molecule has 4 N–H and O–H groups in total. The number of rotatable bonds is 8. The minimum atomic E-state index is -1.09. The lowest BCUT2D eigenvalue weighted by Crippen LogP contribution is -2.57. The van der Waals surface area contributed by atoms with Gasteiger partial charge in [-0.3, -0.25) is 19.2 Å². The molecule has 4 aliphatic rings. The number of carbonyl (C=O) groups is 4. The van der Waals surface area contributed by atoms with Crippen molar-refractivity contribution in [2.75, 3.05) is 77.3 Å². The number of hydrogen-bond donors (Lipinski definition) is 4. The van der Waals surface area contributed by atoms with Gasteiger partial charge in [0.05, 0.1) is 31.6 Å². The van der Waals surface area contributed by atoms with Gasteiger partial charge in [0, 0.05) is 63.6 Å². The number of nitrogens with one attached hydrogen (secondary N) is 4. The molecule has 2 aromatic heterocycles. The van der Waals surface area contributed by atoms with Crippen molar-refractivity contribution < 1.29 is 28.7 Å². The summed E-state index contributed by atoms with van der Waals surface area (Å²) < 4.78 is 12.1. The number of anilines is 2. The van der Waals surface area contributed by atoms with Crippen LogP contribution in [0.2, 0.25) is 8.67 Å². The van der Waals surface area contributed by atoms with Gasteiger partial charge in [-0.05, 0) is 110 Å². The van der Waals surface area contributed by atoms with E-state index in [-0.39, 0.29) is 36.8 Å². The van der Waals surface area contributed by atoms with Gasteiger partial charge in [-0.1, -0.05) is 49.2 Å². The van der Waals surface area contributed by atoms with E-state index < -0.39 is 11.1 Å². The second-order valence-corrected chi connectivity index (χ2v) is 19.9. The highest BCUT2D eigenvalue weighted by Crippen LogP contribution is 2.32. The van der Waals surface area contributed by atoms with Crippen LogP contribution < -0.4 is 21.3 Å². The first-order valence-electron chi connectivity index (χ1n) is 20.3. The van der Waals surface area contributed by atoms with Gasteiger partial charge < -0.3 is 40.5 Å². The van der Waals surface area contributed by atoms with E-state index in [2.05, 4.69) is 83.3 Å². The third kappa shape index (κ3) is 10.2. The van der Waals surface area contributed by atoms with Crippen molar-refractivity contribution in [2.24, 2.45) is 0 Å². The van der Waals surface area contributed by atoms with E-state index in [0.29, 0.717) is 56.3 Å². The van der Waals surface area contributed by atoms with Crippen LogP contribution in [0, 0.1) is 0 Å². The first-order valence-corrected chi connectivity index (χ1v) is 22.7. The van der Waals surface area contributed by atoms with Crippen molar-refractivity contribution in [3.8, 4) is 0 Å². The maximum atomic E-state index is 13.2. The Hall–Kier alpha value is -3.86. The van der Waals surface area contributed by atoms with E-state index in [4.69, 9.17) is 32.7 Å². The van der Waals surface area contributed by atoms with Gasteiger partial charge in [-0.25, -0.2) is 0 Å². The molecule has 4 aromatic rings. The van der Waals surface area contributed by atoms with Crippen LogP contribution in [-0.4, -0.2) is 111 Å². The topological polar surface area (TPSA) is 141 Å². The van der Waals surface area contributed by atoms with Crippen molar-refractivity contribution in [2.45, 2.75) is 62.4 Å². The zero-order valence-corrected chi connectivity index (χ0v) is 37.5. The molecule has 2 saturated heterocycles. The molecular formula is C44H52Cl2N6O6S2. The Morgan fingerprint density at radius 2 is 1.07 bits per heavy atom. The smallest absolute Gasteiger partial charge is 0.262 e. The van der Waals surface area contributed by atoms with Crippen molar-refractivity contribution in [3.63, 3.8) is 0 Å². The van der Waals surface area contributed by atoms with Gasteiger partial charge >= 0.3 is 0 Å². The van der Waals surface area contributed by atoms with E-state index >= 15 is 0 Å². The highest BCUT2D eigenvalue weighted by molar-refractivity contribution is 7.18. The Morgan fingerprint density at radius 3 is 1.42 bits per heavy atom. The summed E-state index contributed by atoms with van der Waals surface area (Å²) in [4.78, 5) is 57.5. The Kier molecular flexibility index (Phi) is 14.0. The van der Waals surface area contributed by atoms with Crippen LogP contribution in [0.3, 0.4) is 0 Å². The Morgan fingerprint density at radius 1 is 0.650 bits per heavy atom. The molecule has 12 nitrogen and oxygen atoms in total. The monoisotopic (exact) mass is 894 g/mol. The standard InChI is InChI=1S/2C22H26ClN3O3S/c2*1-14-12-26(2)9-7-15-3-4-16(11-17(14)15)24-21(28)22(8-10-29-13-22)25-20(27)18-5-6-19(23)30-18/h2*3-6,11,14H,7-10,12-13H2,1-2H3,(H,24,28)(H,25,27)/t14-,22+;14-,22-/m10/s1. The molecule has 2 aromatic carbocycles. The number of ether oxygens (including phenoxy) is 2. The normalized spacial score (nSPS) is 24.2. The molecule has 0 bridgehead atoms. The van der Waals surface area contributed by atoms with Crippen LogP contribution in [0.1, 0.15) is 80.1 Å². The van der Waals surface area contributed by atoms with Crippen molar-refractivity contribution in [1.29, 1.82) is 0 Å². The number of nitrogens with zero attached hydrogens (tertiary/aromatic N) is 2. The number of thiophene rings is 2. The molecule has 0 saturated carbocycles. The largest absolute Gasteiger partial charge is 0.378 e. The predicted molar refractivity (Wildman–Crippen MR) is 239 cm³/mol. The number of benzene rings is 2. The molecule has 16 heteroatoms. The molecule has 0 spiro atoms. The van der Waals surface area contributed by atoms with E-state index in [1.54, 1.807) is 24.3 Å². The summed E-state index contributed by atoms with van der Waals surface area (Å²) >= 11 is 14.3. The summed E-state index contributed by atoms with van der Waals surface area (Å²) in [7, 11) is 4.27. The van der Waals surface area contributed by atoms with Gasteiger partial charge in [0.2, 0.25) is 0 Å². The number of fused-ring (bicyclic) bond motifs is 2. The maximum absolute atomic E-state index is 13.2. The van der Waals surface area contributed by atoms with E-state index in [1.807, 2.05) is 12.1 Å². The van der Waals surface area contributed by atoms with Gasteiger partial charge in [-0.15, -0.1) is 22.7 Å². The molecule has 320 valence electrons. The number of likely N-dealkylation sites (N-methyl/N-ethyl adjacent to an activating group) is 2. The molecule has 8 rings (SSSR count). The fraction of sp³-hybridized carbons (Fsp3) is 0.455. The molecule has 4 atom stereocenters. The predicted octanol–water partition coefficient (Wildman–Crippen LogP) is 7.04. The van der Waals surface area contributed by atoms with E-state index in [0.717, 1.165) is 50.4 Å². The quantitative estimate of drug-likeness (QED) is 0.148. The summed E-state index contributed by atoms with van der Waals surface area (Å²) in [5, 5.41) is 11.8. The van der Waals surface area contributed by atoms with Gasteiger partial charge in [0.25, 0.3) is 23.6 Å².